The molecule has 2 aliphatic rings. The van der Waals surface area contributed by atoms with Crippen molar-refractivity contribution in [2.24, 2.45) is 23.2 Å². The number of carbonyl (C=O) groups excluding carboxylic acids is 1. The number of ether oxygens (including phenoxy) is 2. The summed E-state index contributed by atoms with van der Waals surface area (Å²) >= 11 is 0. The van der Waals surface area contributed by atoms with E-state index in [-0.39, 0.29) is 12.7 Å². The molecule has 1 saturated carbocycles. The maximum Gasteiger partial charge on any atom is 0.146 e. The number of fused-ring (bicyclic) bond motifs is 1. The zero-order valence-electron chi connectivity index (χ0n) is 10.2. The summed E-state index contributed by atoms with van der Waals surface area (Å²) in [7, 11) is 1.59. The van der Waals surface area contributed by atoms with Gasteiger partial charge in [0, 0.05) is 13.5 Å². The van der Waals surface area contributed by atoms with Gasteiger partial charge in [0.25, 0.3) is 0 Å². The lowest BCUT2D eigenvalue weighted by atomic mass is 9.97. The molecule has 90 valence electrons. The molecular weight excluding hydrogens is 204 g/mol. The van der Waals surface area contributed by atoms with Gasteiger partial charge in [0.05, 0.1) is 12.5 Å². The molecule has 16 heavy (non-hydrogen) atoms. The zero-order valence-corrected chi connectivity index (χ0v) is 10.2. The molecular formula is C13H20O3. The number of rotatable bonds is 4. The van der Waals surface area contributed by atoms with E-state index in [1.54, 1.807) is 7.11 Å². The summed E-state index contributed by atoms with van der Waals surface area (Å²) in [5.74, 6) is 1.37. The average Bonchev–Trinajstić information content (AvgIpc) is 2.79. The summed E-state index contributed by atoms with van der Waals surface area (Å²) in [6.45, 7) is 5.18. The Balaban J connectivity index is 1.92. The molecule has 0 heterocycles. The van der Waals surface area contributed by atoms with Crippen molar-refractivity contribution in [3.63, 3.8) is 0 Å². The summed E-state index contributed by atoms with van der Waals surface area (Å²) in [5, 5.41) is 0. The number of hydrogen-bond donors (Lipinski definition) is 0. The molecule has 0 aromatic carbocycles. The Labute approximate surface area is 96.8 Å². The van der Waals surface area contributed by atoms with Gasteiger partial charge >= 0.3 is 0 Å². The van der Waals surface area contributed by atoms with E-state index < -0.39 is 0 Å². The number of hydrogen-bond acceptors (Lipinski definition) is 3. The Morgan fingerprint density at radius 2 is 2.19 bits per heavy atom. The fourth-order valence-corrected chi connectivity index (χ4v) is 2.69. The number of Topliss-reactive ketones (excluding diaryl/α,β-unsaturated/α-hetero) is 1. The normalized spacial score (nSPS) is 35.7. The first kappa shape index (κ1) is 11.8. The van der Waals surface area contributed by atoms with Crippen molar-refractivity contribution in [3.8, 4) is 0 Å². The quantitative estimate of drug-likeness (QED) is 0.416. The first-order chi connectivity index (χ1) is 7.57. The predicted molar refractivity (Wildman–Crippen MR) is 60.8 cm³/mol. The van der Waals surface area contributed by atoms with Crippen LogP contribution in [0.15, 0.2) is 12.2 Å². The molecule has 0 aromatic heterocycles. The van der Waals surface area contributed by atoms with Crippen LogP contribution >= 0.6 is 0 Å². The SMILES string of the molecule is COCOC[C@@H]1C=C[C@H]2[C@@H](CC1=O)C2(C)C. The van der Waals surface area contributed by atoms with Crippen molar-refractivity contribution in [2.45, 2.75) is 20.3 Å². The van der Waals surface area contributed by atoms with Gasteiger partial charge in [0.1, 0.15) is 12.6 Å². The van der Waals surface area contributed by atoms with Gasteiger partial charge in [-0.05, 0) is 17.3 Å². The van der Waals surface area contributed by atoms with Gasteiger partial charge in [0.15, 0.2) is 0 Å². The molecule has 0 spiro atoms. The maximum atomic E-state index is 12.0. The van der Waals surface area contributed by atoms with E-state index in [2.05, 4.69) is 19.9 Å². The molecule has 0 N–H and O–H groups in total. The number of ketones is 1. The lowest BCUT2D eigenvalue weighted by Gasteiger charge is -2.12. The van der Waals surface area contributed by atoms with Gasteiger partial charge in [-0.2, -0.15) is 0 Å². The van der Waals surface area contributed by atoms with Gasteiger partial charge in [-0.25, -0.2) is 0 Å². The average molecular weight is 224 g/mol. The minimum Gasteiger partial charge on any atom is -0.359 e. The highest BCUT2D eigenvalue weighted by molar-refractivity contribution is 5.84. The second kappa shape index (κ2) is 4.30. The van der Waals surface area contributed by atoms with E-state index >= 15 is 0 Å². The Morgan fingerprint density at radius 1 is 1.44 bits per heavy atom. The highest BCUT2D eigenvalue weighted by Crippen LogP contribution is 2.61. The van der Waals surface area contributed by atoms with E-state index in [1.807, 2.05) is 6.08 Å². The number of allylic oxidation sites excluding steroid dienone is 1. The summed E-state index contributed by atoms with van der Waals surface area (Å²) in [4.78, 5) is 12.0. The minimum atomic E-state index is -0.0706. The van der Waals surface area contributed by atoms with Crippen molar-refractivity contribution >= 4 is 5.78 Å². The van der Waals surface area contributed by atoms with Gasteiger partial charge in [-0.15, -0.1) is 0 Å². The molecule has 0 bridgehead atoms. The molecule has 0 radical (unpaired) electrons. The van der Waals surface area contributed by atoms with Gasteiger partial charge in [-0.1, -0.05) is 26.0 Å². The van der Waals surface area contributed by atoms with Crippen LogP contribution in [0.1, 0.15) is 20.3 Å². The van der Waals surface area contributed by atoms with E-state index in [1.165, 1.54) is 0 Å². The van der Waals surface area contributed by atoms with Crippen LogP contribution in [0.4, 0.5) is 0 Å². The molecule has 0 aromatic rings. The van der Waals surface area contributed by atoms with Crippen molar-refractivity contribution in [1.29, 1.82) is 0 Å². The molecule has 2 rings (SSSR count). The van der Waals surface area contributed by atoms with Crippen LogP contribution in [-0.4, -0.2) is 26.3 Å². The fourth-order valence-electron chi connectivity index (χ4n) is 2.69. The van der Waals surface area contributed by atoms with Gasteiger partial charge < -0.3 is 9.47 Å². The van der Waals surface area contributed by atoms with Crippen LogP contribution in [0.3, 0.4) is 0 Å². The maximum absolute atomic E-state index is 12.0. The third kappa shape index (κ3) is 2.06. The summed E-state index contributed by atoms with van der Waals surface area (Å²) in [6.07, 6.45) is 4.93. The standard InChI is InChI=1S/C13H20O3/c1-13(2)10-5-4-9(7-16-8-15-3)12(14)6-11(10)13/h4-5,9-11H,6-8H2,1-3H3/t9-,10-,11+/m0/s1. The van der Waals surface area contributed by atoms with Crippen LogP contribution < -0.4 is 0 Å². The molecule has 0 amide bonds. The van der Waals surface area contributed by atoms with Crippen LogP contribution in [0.2, 0.25) is 0 Å². The molecule has 3 heteroatoms. The first-order valence-corrected chi connectivity index (χ1v) is 5.85. The first-order valence-electron chi connectivity index (χ1n) is 5.85. The molecule has 0 aliphatic heterocycles. The molecule has 3 nitrogen and oxygen atoms in total. The predicted octanol–water partition coefficient (Wildman–Crippen LogP) is 2.02. The minimum absolute atomic E-state index is 0.0706. The molecule has 0 saturated heterocycles. The van der Waals surface area contributed by atoms with Crippen LogP contribution in [0, 0.1) is 23.2 Å². The summed E-state index contributed by atoms with van der Waals surface area (Å²) < 4.78 is 10.1. The van der Waals surface area contributed by atoms with Crippen LogP contribution in [-0.2, 0) is 14.3 Å². The Bertz CT molecular complexity index is 306. The highest BCUT2D eigenvalue weighted by atomic mass is 16.7. The Kier molecular flexibility index (Phi) is 3.17. The lowest BCUT2D eigenvalue weighted by molar-refractivity contribution is -0.125. The lowest BCUT2D eigenvalue weighted by Crippen LogP contribution is -2.19. The molecule has 2 aliphatic carbocycles. The van der Waals surface area contributed by atoms with Gasteiger partial charge in [0.2, 0.25) is 0 Å². The molecule has 3 atom stereocenters. The second-order valence-corrected chi connectivity index (χ2v) is 5.39. The van der Waals surface area contributed by atoms with E-state index in [4.69, 9.17) is 9.47 Å². The topological polar surface area (TPSA) is 35.5 Å². The van der Waals surface area contributed by atoms with E-state index in [0.29, 0.717) is 36.1 Å². The second-order valence-electron chi connectivity index (χ2n) is 5.39. The number of methoxy groups -OCH3 is 1. The molecule has 0 unspecified atom stereocenters. The zero-order chi connectivity index (χ0) is 11.8. The van der Waals surface area contributed by atoms with Gasteiger partial charge in [-0.3, -0.25) is 4.79 Å². The Morgan fingerprint density at radius 3 is 2.88 bits per heavy atom. The largest absolute Gasteiger partial charge is 0.359 e. The van der Waals surface area contributed by atoms with Crippen LogP contribution in [0.25, 0.3) is 0 Å². The third-order valence-corrected chi connectivity index (χ3v) is 4.02. The third-order valence-electron chi connectivity index (χ3n) is 4.02. The summed E-state index contributed by atoms with van der Waals surface area (Å²) in [5.41, 5.74) is 0.324. The van der Waals surface area contributed by atoms with Crippen molar-refractivity contribution in [3.05, 3.63) is 12.2 Å². The van der Waals surface area contributed by atoms with E-state index in [0.717, 1.165) is 0 Å². The summed E-state index contributed by atoms with van der Waals surface area (Å²) in [6, 6.07) is 0. The smallest absolute Gasteiger partial charge is 0.146 e. The van der Waals surface area contributed by atoms with E-state index in [9.17, 15) is 4.79 Å². The monoisotopic (exact) mass is 224 g/mol. The number of carbonyl (C=O) groups is 1. The molecule has 1 fully saturated rings. The van der Waals surface area contributed by atoms with Crippen LogP contribution in [0.5, 0.6) is 0 Å². The van der Waals surface area contributed by atoms with Crippen molar-refractivity contribution < 1.29 is 14.3 Å². The Hall–Kier alpha value is -0.670. The van der Waals surface area contributed by atoms with Crippen molar-refractivity contribution in [2.75, 3.05) is 20.5 Å². The fraction of sp³-hybridized carbons (Fsp3) is 0.769. The van der Waals surface area contributed by atoms with Crippen molar-refractivity contribution in [1.82, 2.24) is 0 Å². The highest BCUT2D eigenvalue weighted by Gasteiger charge is 2.57.